The summed E-state index contributed by atoms with van der Waals surface area (Å²) in [5, 5.41) is 11.3. The van der Waals surface area contributed by atoms with Crippen molar-refractivity contribution in [3.8, 4) is 0 Å². The molecule has 6 nitrogen and oxygen atoms in total. The molecule has 2 rings (SSSR count). The van der Waals surface area contributed by atoms with Crippen molar-refractivity contribution in [2.45, 2.75) is 64.7 Å². The average molecular weight is 477 g/mol. The Bertz CT molecular complexity index is 873. The number of carboxylic acid groups (broad SMARTS) is 1. The molecular weight excluding hydrogens is 444 g/mol. The molecule has 1 aromatic carbocycles. The van der Waals surface area contributed by atoms with Crippen molar-refractivity contribution in [1.29, 1.82) is 0 Å². The van der Waals surface area contributed by atoms with Crippen LogP contribution in [-0.4, -0.2) is 45.2 Å². The van der Waals surface area contributed by atoms with Gasteiger partial charge >= 0.3 is 5.97 Å². The first-order valence-electron chi connectivity index (χ1n) is 10.9. The van der Waals surface area contributed by atoms with Crippen LogP contribution in [-0.2, 0) is 19.8 Å². The highest BCUT2D eigenvalue weighted by atomic mass is 32.2. The van der Waals surface area contributed by atoms with Gasteiger partial charge in [-0.15, -0.1) is 0 Å². The Labute approximate surface area is 199 Å². The number of hydrogen-bond acceptors (Lipinski definition) is 5. The van der Waals surface area contributed by atoms with Crippen molar-refractivity contribution < 1.29 is 19.5 Å². The van der Waals surface area contributed by atoms with Gasteiger partial charge in [-0.05, 0) is 41.9 Å². The second-order valence-electron chi connectivity index (χ2n) is 8.86. The molecule has 0 saturated carbocycles. The number of carboxylic acids is 1. The second-order valence-corrected chi connectivity index (χ2v) is 10.5. The zero-order valence-corrected chi connectivity index (χ0v) is 20.6. The van der Waals surface area contributed by atoms with Crippen LogP contribution in [0.1, 0.15) is 70.4 Å². The van der Waals surface area contributed by atoms with E-state index in [9.17, 15) is 14.4 Å². The van der Waals surface area contributed by atoms with E-state index < -0.39 is 5.97 Å². The third-order valence-electron chi connectivity index (χ3n) is 5.12. The van der Waals surface area contributed by atoms with E-state index in [1.807, 2.05) is 18.2 Å². The molecule has 0 aromatic heterocycles. The number of unbranched alkanes of at least 4 members (excludes halogenated alkanes) is 2. The number of thioether (sulfide) groups is 1. The molecule has 32 heavy (non-hydrogen) atoms. The Morgan fingerprint density at radius 3 is 2.41 bits per heavy atom. The van der Waals surface area contributed by atoms with E-state index in [0.717, 1.165) is 24.8 Å². The van der Waals surface area contributed by atoms with Crippen LogP contribution in [0.3, 0.4) is 0 Å². The molecule has 0 spiro atoms. The largest absolute Gasteiger partial charge is 0.481 e. The Hall–Kier alpha value is -2.19. The molecule has 1 heterocycles. The van der Waals surface area contributed by atoms with Gasteiger partial charge in [0.05, 0.1) is 4.91 Å². The summed E-state index contributed by atoms with van der Waals surface area (Å²) in [6.45, 7) is 7.43. The highest BCUT2D eigenvalue weighted by Gasteiger charge is 2.31. The molecule has 1 aromatic rings. The molecular formula is C24H32N2O4S2. The molecule has 174 valence electrons. The van der Waals surface area contributed by atoms with Gasteiger partial charge in [-0.3, -0.25) is 19.3 Å². The molecule has 2 amide bonds. The molecule has 1 fully saturated rings. The maximum atomic E-state index is 12.8. The van der Waals surface area contributed by atoms with E-state index in [1.165, 1.54) is 17.3 Å². The standard InChI is InChI=1S/C24H32N2O4S2/c1-24(2,3)18-12-10-17(11-13-18)16-19-22(30)26(23(31)32-19)15-6-4-5-8-20(27)25-14-7-9-21(28)29/h10-13,16H,4-9,14-15H2,1-3H3,(H,25,27)(H,28,29)/b19-16-. The lowest BCUT2D eigenvalue weighted by atomic mass is 9.87. The SMILES string of the molecule is CC(C)(C)c1ccc(/C=C2\SC(=S)N(CCCCCC(=O)NCCCC(=O)O)C2=O)cc1. The first-order valence-corrected chi connectivity index (χ1v) is 12.1. The number of carbonyl (C=O) groups is 3. The second kappa shape index (κ2) is 12.2. The molecule has 0 atom stereocenters. The predicted octanol–water partition coefficient (Wildman–Crippen LogP) is 4.73. The predicted molar refractivity (Wildman–Crippen MR) is 133 cm³/mol. The number of carbonyl (C=O) groups excluding carboxylic acids is 2. The monoisotopic (exact) mass is 476 g/mol. The lowest BCUT2D eigenvalue weighted by Crippen LogP contribution is -2.29. The van der Waals surface area contributed by atoms with Crippen molar-refractivity contribution in [2.75, 3.05) is 13.1 Å². The van der Waals surface area contributed by atoms with Gasteiger partial charge < -0.3 is 10.4 Å². The number of rotatable bonds is 11. The summed E-state index contributed by atoms with van der Waals surface area (Å²) in [6.07, 6.45) is 5.08. The van der Waals surface area contributed by atoms with E-state index in [0.29, 0.717) is 35.2 Å². The summed E-state index contributed by atoms with van der Waals surface area (Å²) in [5.74, 6) is -0.985. The zero-order chi connectivity index (χ0) is 23.7. The van der Waals surface area contributed by atoms with E-state index in [1.54, 1.807) is 4.90 Å². The van der Waals surface area contributed by atoms with E-state index in [2.05, 4.69) is 38.2 Å². The molecule has 1 saturated heterocycles. The molecule has 8 heteroatoms. The summed E-state index contributed by atoms with van der Waals surface area (Å²) in [7, 11) is 0. The highest BCUT2D eigenvalue weighted by molar-refractivity contribution is 8.26. The van der Waals surface area contributed by atoms with Crippen LogP contribution in [0.5, 0.6) is 0 Å². The van der Waals surface area contributed by atoms with Gasteiger partial charge in [0.1, 0.15) is 4.32 Å². The fourth-order valence-corrected chi connectivity index (χ4v) is 4.52. The van der Waals surface area contributed by atoms with Gasteiger partial charge in [-0.2, -0.15) is 0 Å². The first kappa shape index (κ1) is 26.1. The van der Waals surface area contributed by atoms with Gasteiger partial charge in [0, 0.05) is 25.9 Å². The van der Waals surface area contributed by atoms with Crippen molar-refractivity contribution in [3.05, 3.63) is 40.3 Å². The minimum absolute atomic E-state index is 0.0563. The maximum absolute atomic E-state index is 12.8. The summed E-state index contributed by atoms with van der Waals surface area (Å²) in [4.78, 5) is 37.2. The van der Waals surface area contributed by atoms with Crippen molar-refractivity contribution in [1.82, 2.24) is 10.2 Å². The number of aliphatic carboxylic acids is 1. The van der Waals surface area contributed by atoms with Crippen LogP contribution < -0.4 is 5.32 Å². The van der Waals surface area contributed by atoms with Crippen LogP contribution in [0.25, 0.3) is 6.08 Å². The molecule has 0 aliphatic carbocycles. The molecule has 0 radical (unpaired) electrons. The van der Waals surface area contributed by atoms with Crippen LogP contribution in [0.2, 0.25) is 0 Å². The molecule has 0 bridgehead atoms. The van der Waals surface area contributed by atoms with E-state index in [-0.39, 0.29) is 23.7 Å². The van der Waals surface area contributed by atoms with E-state index in [4.69, 9.17) is 17.3 Å². The topological polar surface area (TPSA) is 86.7 Å². The van der Waals surface area contributed by atoms with Crippen LogP contribution in [0.15, 0.2) is 29.2 Å². The number of benzene rings is 1. The van der Waals surface area contributed by atoms with Gasteiger partial charge in [-0.25, -0.2) is 0 Å². The lowest BCUT2D eigenvalue weighted by molar-refractivity contribution is -0.137. The Morgan fingerprint density at radius 1 is 1.09 bits per heavy atom. The summed E-state index contributed by atoms with van der Waals surface area (Å²) < 4.78 is 0.573. The average Bonchev–Trinajstić information content (AvgIpc) is 2.97. The highest BCUT2D eigenvalue weighted by Crippen LogP contribution is 2.33. The summed E-state index contributed by atoms with van der Waals surface area (Å²) >= 11 is 6.73. The number of nitrogens with zero attached hydrogens (tertiary/aromatic N) is 1. The fourth-order valence-electron chi connectivity index (χ4n) is 3.21. The van der Waals surface area contributed by atoms with Crippen LogP contribution >= 0.6 is 24.0 Å². The van der Waals surface area contributed by atoms with Crippen molar-refractivity contribution >= 4 is 52.2 Å². The third kappa shape index (κ3) is 8.39. The van der Waals surface area contributed by atoms with Crippen LogP contribution in [0, 0.1) is 0 Å². The Balaban J connectivity index is 1.74. The third-order valence-corrected chi connectivity index (χ3v) is 6.50. The van der Waals surface area contributed by atoms with Crippen molar-refractivity contribution in [3.63, 3.8) is 0 Å². The number of nitrogens with one attached hydrogen (secondary N) is 1. The lowest BCUT2D eigenvalue weighted by Gasteiger charge is -2.18. The summed E-state index contributed by atoms with van der Waals surface area (Å²) in [6, 6.07) is 8.24. The van der Waals surface area contributed by atoms with Crippen molar-refractivity contribution in [2.24, 2.45) is 0 Å². The number of hydrogen-bond donors (Lipinski definition) is 2. The number of thiocarbonyl (C=S) groups is 1. The quantitative estimate of drug-likeness (QED) is 0.273. The first-order chi connectivity index (χ1) is 15.1. The maximum Gasteiger partial charge on any atom is 0.303 e. The zero-order valence-electron chi connectivity index (χ0n) is 19.0. The normalized spacial score (nSPS) is 15.5. The molecule has 1 aliphatic rings. The smallest absolute Gasteiger partial charge is 0.303 e. The fraction of sp³-hybridized carbons (Fsp3) is 0.500. The molecule has 1 aliphatic heterocycles. The minimum Gasteiger partial charge on any atom is -0.481 e. The molecule has 2 N–H and O–H groups in total. The van der Waals surface area contributed by atoms with Gasteiger partial charge in [0.2, 0.25) is 5.91 Å². The van der Waals surface area contributed by atoms with Gasteiger partial charge in [0.25, 0.3) is 5.91 Å². The van der Waals surface area contributed by atoms with E-state index >= 15 is 0 Å². The minimum atomic E-state index is -0.858. The molecule has 0 unspecified atom stereocenters. The summed E-state index contributed by atoms with van der Waals surface area (Å²) in [5.41, 5.74) is 2.31. The van der Waals surface area contributed by atoms with Crippen LogP contribution in [0.4, 0.5) is 0 Å². The Kier molecular flexibility index (Phi) is 9.90. The Morgan fingerprint density at radius 2 is 1.78 bits per heavy atom. The van der Waals surface area contributed by atoms with Gasteiger partial charge in [0.15, 0.2) is 0 Å². The number of amides is 2. The van der Waals surface area contributed by atoms with Gasteiger partial charge in [-0.1, -0.05) is 75.4 Å².